The van der Waals surface area contributed by atoms with Gasteiger partial charge in [0.25, 0.3) is 0 Å². The molecule has 0 fully saturated rings. The molecule has 1 aromatic heterocycles. The summed E-state index contributed by atoms with van der Waals surface area (Å²) >= 11 is 0. The van der Waals surface area contributed by atoms with E-state index in [2.05, 4.69) is 43.5 Å². The molecule has 2 atom stereocenters. The predicted molar refractivity (Wildman–Crippen MR) is 120 cm³/mol. The van der Waals surface area contributed by atoms with Crippen LogP contribution in [0.1, 0.15) is 73.3 Å². The van der Waals surface area contributed by atoms with E-state index in [1.165, 1.54) is 0 Å². The second-order valence-electron chi connectivity index (χ2n) is 9.89. The fourth-order valence-corrected chi connectivity index (χ4v) is 3.33. The third-order valence-corrected chi connectivity index (χ3v) is 4.68. The predicted octanol–water partition coefficient (Wildman–Crippen LogP) is 4.30. The number of aromatic nitrogens is 1. The highest BCUT2D eigenvalue weighted by molar-refractivity contribution is 5.85. The van der Waals surface area contributed by atoms with Gasteiger partial charge in [-0.2, -0.15) is 0 Å². The van der Waals surface area contributed by atoms with E-state index in [1.54, 1.807) is 6.20 Å². The van der Waals surface area contributed by atoms with Crippen molar-refractivity contribution < 1.29 is 14.3 Å². The van der Waals surface area contributed by atoms with E-state index in [4.69, 9.17) is 4.74 Å². The zero-order valence-corrected chi connectivity index (χ0v) is 19.8. The molecule has 0 bridgehead atoms. The molecule has 0 saturated carbocycles. The van der Waals surface area contributed by atoms with Gasteiger partial charge in [0, 0.05) is 18.9 Å². The van der Waals surface area contributed by atoms with Crippen LogP contribution in [-0.4, -0.2) is 29.0 Å². The van der Waals surface area contributed by atoms with E-state index in [0.717, 1.165) is 18.4 Å². The van der Waals surface area contributed by atoms with Gasteiger partial charge in [-0.1, -0.05) is 33.8 Å². The van der Waals surface area contributed by atoms with Gasteiger partial charge in [0.15, 0.2) is 0 Å². The van der Waals surface area contributed by atoms with Crippen LogP contribution < -0.4 is 10.9 Å². The molecule has 1 aromatic rings. The Morgan fingerprint density at radius 1 is 1.10 bits per heavy atom. The Balaban J connectivity index is 2.95. The summed E-state index contributed by atoms with van der Waals surface area (Å²) in [5, 5.41) is 0. The topological polar surface area (TPSA) is 80.3 Å². The Morgan fingerprint density at radius 3 is 2.33 bits per heavy atom. The molecule has 1 amide bonds. The number of pyridine rings is 1. The maximum absolute atomic E-state index is 13.1. The first kappa shape index (κ1) is 26.1. The van der Waals surface area contributed by atoms with E-state index in [1.807, 2.05) is 39.1 Å². The fourth-order valence-electron chi connectivity index (χ4n) is 3.33. The first-order valence-corrected chi connectivity index (χ1v) is 11.1. The summed E-state index contributed by atoms with van der Waals surface area (Å²) in [6.45, 7) is 14.6. The molecule has 6 heteroatoms. The van der Waals surface area contributed by atoms with Crippen molar-refractivity contribution in [3.63, 3.8) is 0 Å². The number of carbonyl (C=O) groups excluding carboxylic acids is 2. The van der Waals surface area contributed by atoms with Crippen molar-refractivity contribution in [1.29, 1.82) is 0 Å². The first-order chi connectivity index (χ1) is 14.0. The number of rotatable bonds is 12. The Labute approximate surface area is 182 Å². The van der Waals surface area contributed by atoms with Gasteiger partial charge in [-0.05, 0) is 69.9 Å². The van der Waals surface area contributed by atoms with E-state index in [-0.39, 0.29) is 17.8 Å². The second-order valence-corrected chi connectivity index (χ2v) is 9.89. The minimum atomic E-state index is -0.590. The molecule has 0 unspecified atom stereocenters. The number of nitrogens with zero attached hydrogens (tertiary/aromatic N) is 1. The van der Waals surface area contributed by atoms with E-state index in [9.17, 15) is 9.59 Å². The summed E-state index contributed by atoms with van der Waals surface area (Å²) in [6.07, 6.45) is 6.42. The summed E-state index contributed by atoms with van der Waals surface area (Å²) < 4.78 is 5.71. The molecule has 0 aromatic carbocycles. The second kappa shape index (κ2) is 12.7. The molecule has 2 N–H and O–H groups in total. The average Bonchev–Trinajstić information content (AvgIpc) is 2.62. The van der Waals surface area contributed by atoms with Crippen LogP contribution in [0.4, 0.5) is 0 Å². The van der Waals surface area contributed by atoms with Crippen LogP contribution >= 0.6 is 0 Å². The number of nitrogens with one attached hydrogen (secondary N) is 2. The van der Waals surface area contributed by atoms with Crippen LogP contribution in [0.15, 0.2) is 24.5 Å². The number of esters is 1. The zero-order chi connectivity index (χ0) is 22.7. The standard InChI is InChI=1S/C24H41N3O3/c1-17(2)14-21(22(28)27-26-15-18(3)4)20(23(29)30-24(5,6)7)12-8-10-19-11-9-13-25-16-19/h9,11,13,16-18,20-21,26H,8,10,12,14-15H2,1-7H3,(H,27,28)/t20-,21+/m0/s1. The molecular weight excluding hydrogens is 378 g/mol. The van der Waals surface area contributed by atoms with Gasteiger partial charge in [0.1, 0.15) is 5.60 Å². The van der Waals surface area contributed by atoms with E-state index in [0.29, 0.717) is 25.3 Å². The lowest BCUT2D eigenvalue weighted by Crippen LogP contribution is -2.47. The summed E-state index contributed by atoms with van der Waals surface area (Å²) in [6, 6.07) is 3.94. The summed E-state index contributed by atoms with van der Waals surface area (Å²) in [7, 11) is 0. The maximum Gasteiger partial charge on any atom is 0.310 e. The van der Waals surface area contributed by atoms with Crippen molar-refractivity contribution in [3.05, 3.63) is 30.1 Å². The summed E-state index contributed by atoms with van der Waals surface area (Å²) in [5.74, 6) is -0.651. The highest BCUT2D eigenvalue weighted by Gasteiger charge is 2.36. The average molecular weight is 420 g/mol. The van der Waals surface area contributed by atoms with Gasteiger partial charge in [0.05, 0.1) is 11.8 Å². The van der Waals surface area contributed by atoms with Crippen molar-refractivity contribution in [2.45, 2.75) is 79.8 Å². The summed E-state index contributed by atoms with van der Waals surface area (Å²) in [4.78, 5) is 30.2. The lowest BCUT2D eigenvalue weighted by atomic mass is 9.81. The normalized spacial score (nSPS) is 13.9. The zero-order valence-electron chi connectivity index (χ0n) is 19.8. The van der Waals surface area contributed by atoms with Crippen LogP contribution in [0.25, 0.3) is 0 Å². The van der Waals surface area contributed by atoms with Crippen LogP contribution in [0.3, 0.4) is 0 Å². The van der Waals surface area contributed by atoms with Gasteiger partial charge in [0.2, 0.25) is 5.91 Å². The number of aryl methyl sites for hydroxylation is 1. The van der Waals surface area contributed by atoms with Gasteiger partial charge in [-0.15, -0.1) is 0 Å². The minimum Gasteiger partial charge on any atom is -0.460 e. The van der Waals surface area contributed by atoms with Crippen molar-refractivity contribution in [2.24, 2.45) is 23.7 Å². The van der Waals surface area contributed by atoms with Crippen LogP contribution in [-0.2, 0) is 20.7 Å². The SMILES string of the molecule is CC(C)CNNC(=O)[C@H](CC(C)C)[C@H](CCCc1cccnc1)C(=O)OC(C)(C)C. The van der Waals surface area contributed by atoms with Crippen molar-refractivity contribution in [1.82, 2.24) is 15.8 Å². The largest absolute Gasteiger partial charge is 0.460 e. The number of hydrogen-bond acceptors (Lipinski definition) is 5. The van der Waals surface area contributed by atoms with Crippen molar-refractivity contribution in [2.75, 3.05) is 6.54 Å². The third-order valence-electron chi connectivity index (χ3n) is 4.68. The number of amides is 1. The molecule has 0 radical (unpaired) electrons. The maximum atomic E-state index is 13.1. The molecule has 0 saturated heterocycles. The highest BCUT2D eigenvalue weighted by atomic mass is 16.6. The lowest BCUT2D eigenvalue weighted by Gasteiger charge is -2.30. The molecular formula is C24H41N3O3. The molecule has 1 rings (SSSR count). The number of carbonyl (C=O) groups is 2. The van der Waals surface area contributed by atoms with Gasteiger partial charge < -0.3 is 4.74 Å². The Morgan fingerprint density at radius 2 is 1.80 bits per heavy atom. The quantitative estimate of drug-likeness (QED) is 0.390. The van der Waals surface area contributed by atoms with Gasteiger partial charge >= 0.3 is 5.97 Å². The highest BCUT2D eigenvalue weighted by Crippen LogP contribution is 2.28. The van der Waals surface area contributed by atoms with E-state index >= 15 is 0 Å². The molecule has 0 spiro atoms. The first-order valence-electron chi connectivity index (χ1n) is 11.1. The molecule has 1 heterocycles. The van der Waals surface area contributed by atoms with Crippen molar-refractivity contribution in [3.8, 4) is 0 Å². The molecule has 0 aliphatic rings. The lowest BCUT2D eigenvalue weighted by molar-refractivity contribution is -0.164. The van der Waals surface area contributed by atoms with E-state index < -0.39 is 17.4 Å². The Kier molecular flexibility index (Phi) is 11.0. The number of hydrogen-bond donors (Lipinski definition) is 2. The number of hydrazine groups is 1. The monoisotopic (exact) mass is 419 g/mol. The minimum absolute atomic E-state index is 0.137. The van der Waals surface area contributed by atoms with Crippen LogP contribution in [0, 0.1) is 23.7 Å². The molecule has 30 heavy (non-hydrogen) atoms. The number of ether oxygens (including phenoxy) is 1. The third kappa shape index (κ3) is 10.7. The summed E-state index contributed by atoms with van der Waals surface area (Å²) in [5.41, 5.74) is 6.36. The molecule has 6 nitrogen and oxygen atoms in total. The Bertz CT molecular complexity index is 639. The van der Waals surface area contributed by atoms with Crippen molar-refractivity contribution >= 4 is 11.9 Å². The fraction of sp³-hybridized carbons (Fsp3) is 0.708. The molecule has 170 valence electrons. The smallest absolute Gasteiger partial charge is 0.310 e. The van der Waals surface area contributed by atoms with Crippen LogP contribution in [0.2, 0.25) is 0 Å². The Hall–Kier alpha value is -1.95. The van der Waals surface area contributed by atoms with Crippen LogP contribution in [0.5, 0.6) is 0 Å². The van der Waals surface area contributed by atoms with Gasteiger partial charge in [-0.25, -0.2) is 5.43 Å². The molecule has 0 aliphatic carbocycles. The molecule has 0 aliphatic heterocycles. The van der Waals surface area contributed by atoms with Gasteiger partial charge in [-0.3, -0.25) is 20.0 Å².